The van der Waals surface area contributed by atoms with Crippen molar-refractivity contribution in [1.29, 1.82) is 0 Å². The Morgan fingerprint density at radius 3 is 2.87 bits per heavy atom. The van der Waals surface area contributed by atoms with Crippen LogP contribution in [0, 0.1) is 0 Å². The molecule has 2 atom stereocenters. The van der Waals surface area contributed by atoms with E-state index < -0.39 is 17.7 Å². The highest BCUT2D eigenvalue weighted by atomic mass is 35.5. The molecule has 0 aromatic carbocycles. The highest BCUT2D eigenvalue weighted by molar-refractivity contribution is 6.19. The second-order valence-corrected chi connectivity index (χ2v) is 4.08. The lowest BCUT2D eigenvalue weighted by atomic mass is 9.90. The molecule has 0 spiro atoms. The minimum absolute atomic E-state index is 0.121. The van der Waals surface area contributed by atoms with E-state index in [-0.39, 0.29) is 18.8 Å². The first kappa shape index (κ1) is 12.5. The molecule has 0 aliphatic carbocycles. The first-order chi connectivity index (χ1) is 7.04. The zero-order chi connectivity index (χ0) is 11.5. The summed E-state index contributed by atoms with van der Waals surface area (Å²) >= 11 is 5.60. The SMILES string of the molecule is C=C(CCl)C[C@]1(C(=O)OC)CC(F)CN1. The highest BCUT2D eigenvalue weighted by Gasteiger charge is 2.46. The van der Waals surface area contributed by atoms with Crippen LogP contribution < -0.4 is 5.32 Å². The average molecular weight is 236 g/mol. The summed E-state index contributed by atoms with van der Waals surface area (Å²) in [5.74, 6) is -0.189. The third-order valence-corrected chi connectivity index (χ3v) is 2.93. The number of hydrogen-bond acceptors (Lipinski definition) is 3. The third kappa shape index (κ3) is 2.69. The number of hydrogen-bond donors (Lipinski definition) is 1. The molecule has 1 fully saturated rings. The maximum absolute atomic E-state index is 13.1. The zero-order valence-corrected chi connectivity index (χ0v) is 9.44. The van der Waals surface area contributed by atoms with Gasteiger partial charge in [0.15, 0.2) is 0 Å². The number of ether oxygens (including phenoxy) is 1. The average Bonchev–Trinajstić information content (AvgIpc) is 2.59. The number of halogens is 2. The van der Waals surface area contributed by atoms with Crippen LogP contribution in [0.15, 0.2) is 12.2 Å². The van der Waals surface area contributed by atoms with E-state index in [1.165, 1.54) is 7.11 Å². The van der Waals surface area contributed by atoms with Crippen LogP contribution in [0.25, 0.3) is 0 Å². The quantitative estimate of drug-likeness (QED) is 0.455. The summed E-state index contributed by atoms with van der Waals surface area (Å²) in [6.07, 6.45) is -0.577. The lowest BCUT2D eigenvalue weighted by molar-refractivity contribution is -0.148. The number of rotatable bonds is 4. The largest absolute Gasteiger partial charge is 0.468 e. The second-order valence-electron chi connectivity index (χ2n) is 3.82. The van der Waals surface area contributed by atoms with Crippen LogP contribution in [-0.4, -0.2) is 37.2 Å². The summed E-state index contributed by atoms with van der Waals surface area (Å²) < 4.78 is 17.8. The van der Waals surface area contributed by atoms with Crippen molar-refractivity contribution in [3.8, 4) is 0 Å². The van der Waals surface area contributed by atoms with Crippen molar-refractivity contribution < 1.29 is 13.9 Å². The molecule has 1 N–H and O–H groups in total. The van der Waals surface area contributed by atoms with Crippen LogP contribution in [-0.2, 0) is 9.53 Å². The molecule has 0 bridgehead atoms. The minimum atomic E-state index is -1.02. The number of carbonyl (C=O) groups excluding carboxylic acids is 1. The van der Waals surface area contributed by atoms with Crippen LogP contribution in [0.2, 0.25) is 0 Å². The van der Waals surface area contributed by atoms with Crippen molar-refractivity contribution in [3.63, 3.8) is 0 Å². The van der Waals surface area contributed by atoms with E-state index in [2.05, 4.69) is 16.6 Å². The van der Waals surface area contributed by atoms with Crippen molar-refractivity contribution in [3.05, 3.63) is 12.2 Å². The molecule has 1 heterocycles. The molecule has 15 heavy (non-hydrogen) atoms. The molecule has 0 amide bonds. The lowest BCUT2D eigenvalue weighted by Gasteiger charge is -2.26. The molecule has 1 unspecified atom stereocenters. The molecule has 0 radical (unpaired) electrons. The van der Waals surface area contributed by atoms with E-state index in [1.54, 1.807) is 0 Å². The van der Waals surface area contributed by atoms with Gasteiger partial charge in [-0.2, -0.15) is 0 Å². The van der Waals surface area contributed by atoms with E-state index in [0.717, 1.165) is 0 Å². The normalized spacial score (nSPS) is 30.2. The Kier molecular flexibility index (Phi) is 4.11. The van der Waals surface area contributed by atoms with Gasteiger partial charge in [0.25, 0.3) is 0 Å². The van der Waals surface area contributed by atoms with Gasteiger partial charge in [-0.05, 0) is 6.42 Å². The van der Waals surface area contributed by atoms with Gasteiger partial charge in [0, 0.05) is 18.8 Å². The number of esters is 1. The van der Waals surface area contributed by atoms with Crippen LogP contribution in [0.5, 0.6) is 0 Å². The highest BCUT2D eigenvalue weighted by Crippen LogP contribution is 2.29. The third-order valence-electron chi connectivity index (χ3n) is 2.55. The van der Waals surface area contributed by atoms with E-state index >= 15 is 0 Å². The predicted octanol–water partition coefficient (Wildman–Crippen LogP) is 1.41. The summed E-state index contributed by atoms with van der Waals surface area (Å²) in [4.78, 5) is 11.6. The summed E-state index contributed by atoms with van der Waals surface area (Å²) in [5, 5.41) is 2.87. The van der Waals surface area contributed by atoms with Crippen LogP contribution in [0.4, 0.5) is 4.39 Å². The maximum atomic E-state index is 13.1. The van der Waals surface area contributed by atoms with Gasteiger partial charge in [-0.25, -0.2) is 4.39 Å². The first-order valence-electron chi connectivity index (χ1n) is 4.74. The molecule has 3 nitrogen and oxygen atoms in total. The molecular formula is C10H15ClFNO2. The van der Waals surface area contributed by atoms with Crippen LogP contribution >= 0.6 is 11.6 Å². The Morgan fingerprint density at radius 1 is 1.80 bits per heavy atom. The predicted molar refractivity (Wildman–Crippen MR) is 56.7 cm³/mol. The fraction of sp³-hybridized carbons (Fsp3) is 0.700. The smallest absolute Gasteiger partial charge is 0.326 e. The summed E-state index contributed by atoms with van der Waals surface area (Å²) in [5.41, 5.74) is -0.274. The van der Waals surface area contributed by atoms with E-state index in [1.807, 2.05) is 0 Å². The van der Waals surface area contributed by atoms with E-state index in [9.17, 15) is 9.18 Å². The Labute approximate surface area is 93.6 Å². The zero-order valence-electron chi connectivity index (χ0n) is 8.69. The van der Waals surface area contributed by atoms with Crippen molar-refractivity contribution >= 4 is 17.6 Å². The fourth-order valence-electron chi connectivity index (χ4n) is 1.86. The van der Waals surface area contributed by atoms with Crippen LogP contribution in [0.3, 0.4) is 0 Å². The van der Waals surface area contributed by atoms with Crippen molar-refractivity contribution in [1.82, 2.24) is 5.32 Å². The molecule has 0 saturated carbocycles. The fourth-order valence-corrected chi connectivity index (χ4v) is 1.95. The summed E-state index contributed by atoms with van der Waals surface area (Å²) in [7, 11) is 1.29. The van der Waals surface area contributed by atoms with Gasteiger partial charge in [0.2, 0.25) is 0 Å². The van der Waals surface area contributed by atoms with Gasteiger partial charge >= 0.3 is 5.97 Å². The second kappa shape index (κ2) is 4.94. The van der Waals surface area contributed by atoms with Gasteiger partial charge in [0.1, 0.15) is 11.7 Å². The van der Waals surface area contributed by atoms with Crippen molar-refractivity contribution in [2.24, 2.45) is 0 Å². The van der Waals surface area contributed by atoms with Gasteiger partial charge < -0.3 is 4.74 Å². The Morgan fingerprint density at radius 2 is 2.47 bits per heavy atom. The number of carbonyl (C=O) groups is 1. The monoisotopic (exact) mass is 235 g/mol. The number of alkyl halides is 2. The number of nitrogens with one attached hydrogen (secondary N) is 1. The van der Waals surface area contributed by atoms with E-state index in [0.29, 0.717) is 12.0 Å². The van der Waals surface area contributed by atoms with Gasteiger partial charge in [-0.1, -0.05) is 12.2 Å². The maximum Gasteiger partial charge on any atom is 0.326 e. The van der Waals surface area contributed by atoms with Crippen molar-refractivity contribution in [2.75, 3.05) is 19.5 Å². The molecule has 86 valence electrons. The van der Waals surface area contributed by atoms with E-state index in [4.69, 9.17) is 11.6 Å². The molecule has 1 aliphatic heterocycles. The van der Waals surface area contributed by atoms with Gasteiger partial charge in [0.05, 0.1) is 7.11 Å². The molecule has 0 aromatic rings. The Bertz CT molecular complexity index is 272. The molecule has 5 heteroatoms. The molecule has 1 saturated heterocycles. The van der Waals surface area contributed by atoms with Gasteiger partial charge in [-0.15, -0.1) is 11.6 Å². The molecule has 1 aliphatic rings. The molecule has 1 rings (SSSR count). The first-order valence-corrected chi connectivity index (χ1v) is 5.27. The molecular weight excluding hydrogens is 221 g/mol. The number of methoxy groups -OCH3 is 1. The summed E-state index contributed by atoms with van der Waals surface area (Å²) in [6, 6.07) is 0. The minimum Gasteiger partial charge on any atom is -0.468 e. The van der Waals surface area contributed by atoms with Gasteiger partial charge in [-0.3, -0.25) is 10.1 Å². The van der Waals surface area contributed by atoms with Crippen LogP contribution in [0.1, 0.15) is 12.8 Å². The topological polar surface area (TPSA) is 38.3 Å². The Hall–Kier alpha value is -0.610. The lowest BCUT2D eigenvalue weighted by Crippen LogP contribution is -2.48. The Balaban J connectivity index is 2.78. The molecule has 0 aromatic heterocycles. The standard InChI is InChI=1S/C10H15ClFNO2/c1-7(5-11)3-10(9(14)15-2)4-8(12)6-13-10/h8,13H,1,3-6H2,2H3/t8?,10-/m1/s1. The van der Waals surface area contributed by atoms with Crippen molar-refractivity contribution in [2.45, 2.75) is 24.6 Å². The summed E-state index contributed by atoms with van der Waals surface area (Å²) in [6.45, 7) is 3.89.